The van der Waals surface area contributed by atoms with Gasteiger partial charge in [0.2, 0.25) is 0 Å². The number of hydrogen-bond donors (Lipinski definition) is 1. The fraction of sp³-hybridized carbons (Fsp3) is 0.435. The van der Waals surface area contributed by atoms with Gasteiger partial charge in [0.15, 0.2) is 0 Å². The Labute approximate surface area is 181 Å². The largest absolute Gasteiger partial charge is 0.301 e. The highest BCUT2D eigenvalue weighted by atomic mass is 16.6. The number of hydrazone groups is 1. The summed E-state index contributed by atoms with van der Waals surface area (Å²) in [6.07, 6.45) is 3.68. The summed E-state index contributed by atoms with van der Waals surface area (Å²) < 4.78 is 0. The lowest BCUT2D eigenvalue weighted by molar-refractivity contribution is -0.393. The van der Waals surface area contributed by atoms with Gasteiger partial charge in [-0.25, -0.2) is 0 Å². The van der Waals surface area contributed by atoms with Crippen molar-refractivity contribution in [3.8, 4) is 0 Å². The van der Waals surface area contributed by atoms with Crippen molar-refractivity contribution in [2.24, 2.45) is 22.4 Å². The molecule has 0 amide bonds. The molecule has 1 aliphatic carbocycles. The molecule has 0 saturated heterocycles. The average molecular weight is 425 g/mol. The molecular formula is C23H28N4O4. The zero-order valence-electron chi connectivity index (χ0n) is 18.1. The van der Waals surface area contributed by atoms with Gasteiger partial charge >= 0.3 is 5.69 Å². The van der Waals surface area contributed by atoms with E-state index in [1.807, 2.05) is 18.2 Å². The van der Waals surface area contributed by atoms with Gasteiger partial charge in [-0.05, 0) is 48.6 Å². The normalized spacial score (nSPS) is 20.4. The molecule has 0 unspecified atom stereocenters. The number of non-ortho nitro benzene ring substituents is 1. The van der Waals surface area contributed by atoms with Crippen LogP contribution in [0, 0.1) is 37.5 Å². The third-order valence-electron chi connectivity index (χ3n) is 6.05. The quantitative estimate of drug-likeness (QED) is 0.453. The summed E-state index contributed by atoms with van der Waals surface area (Å²) in [5.74, 6) is 0.791. The maximum absolute atomic E-state index is 11.4. The summed E-state index contributed by atoms with van der Waals surface area (Å²) >= 11 is 0. The summed E-state index contributed by atoms with van der Waals surface area (Å²) in [6.45, 7) is 6.79. The fourth-order valence-electron chi connectivity index (χ4n) is 4.17. The van der Waals surface area contributed by atoms with Crippen LogP contribution in [0.5, 0.6) is 0 Å². The van der Waals surface area contributed by atoms with Gasteiger partial charge in [-0.1, -0.05) is 51.1 Å². The van der Waals surface area contributed by atoms with Crippen molar-refractivity contribution in [1.29, 1.82) is 0 Å². The van der Waals surface area contributed by atoms with Gasteiger partial charge in [-0.2, -0.15) is 5.10 Å². The van der Waals surface area contributed by atoms with Crippen molar-refractivity contribution in [3.05, 3.63) is 74.3 Å². The molecule has 1 N–H and O–H groups in total. The first-order valence-electron chi connectivity index (χ1n) is 10.4. The number of nitrogens with one attached hydrogen (secondary N) is 1. The van der Waals surface area contributed by atoms with Gasteiger partial charge in [-0.15, -0.1) is 0 Å². The van der Waals surface area contributed by atoms with Crippen molar-refractivity contribution in [2.45, 2.75) is 46.5 Å². The molecule has 2 atom stereocenters. The second-order valence-electron chi connectivity index (χ2n) is 9.15. The van der Waals surface area contributed by atoms with Crippen LogP contribution in [0.1, 0.15) is 45.6 Å². The van der Waals surface area contributed by atoms with Crippen LogP contribution in [0.25, 0.3) is 0 Å². The van der Waals surface area contributed by atoms with Crippen LogP contribution in [-0.2, 0) is 6.42 Å². The summed E-state index contributed by atoms with van der Waals surface area (Å²) in [6, 6.07) is 13.8. The molecular weight excluding hydrogens is 396 g/mol. The molecule has 31 heavy (non-hydrogen) atoms. The predicted molar refractivity (Wildman–Crippen MR) is 121 cm³/mol. The van der Waals surface area contributed by atoms with E-state index in [0.29, 0.717) is 5.92 Å². The first kappa shape index (κ1) is 22.4. The van der Waals surface area contributed by atoms with E-state index in [2.05, 4.69) is 43.4 Å². The van der Waals surface area contributed by atoms with Crippen LogP contribution in [0.15, 0.2) is 53.6 Å². The standard InChI is InChI=1S/C23H28N4O4/c1-23(2,3)18-9-11-20(17(14-18)13-16-7-5-4-6-8-16)24-25-21-12-10-19(26(28)29)15-22(21)27(30)31/h4-8,10,12,15,17-18,25H,9,11,13-14H2,1-3H3/b24-20-/t17-,18+/m1/s1. The first-order chi connectivity index (χ1) is 14.6. The number of anilines is 1. The van der Waals surface area contributed by atoms with E-state index in [9.17, 15) is 20.2 Å². The van der Waals surface area contributed by atoms with Gasteiger partial charge < -0.3 is 0 Å². The molecule has 0 bridgehead atoms. The van der Waals surface area contributed by atoms with E-state index in [1.54, 1.807) is 0 Å². The number of hydrogen-bond acceptors (Lipinski definition) is 6. The number of nitrogens with zero attached hydrogens (tertiary/aromatic N) is 3. The van der Waals surface area contributed by atoms with Gasteiger partial charge in [-0.3, -0.25) is 25.7 Å². The monoisotopic (exact) mass is 424 g/mol. The molecule has 1 fully saturated rings. The fourth-order valence-corrected chi connectivity index (χ4v) is 4.17. The van der Waals surface area contributed by atoms with Crippen LogP contribution in [0.2, 0.25) is 0 Å². The summed E-state index contributed by atoms with van der Waals surface area (Å²) in [5, 5.41) is 26.9. The Morgan fingerprint density at radius 2 is 1.77 bits per heavy atom. The lowest BCUT2D eigenvalue weighted by Gasteiger charge is -2.38. The van der Waals surface area contributed by atoms with Gasteiger partial charge in [0.05, 0.1) is 15.9 Å². The Kier molecular flexibility index (Phi) is 6.68. The molecule has 3 rings (SSSR count). The minimum atomic E-state index is -0.646. The first-order valence-corrected chi connectivity index (χ1v) is 10.4. The molecule has 2 aromatic carbocycles. The molecule has 1 saturated carbocycles. The average Bonchev–Trinajstić information content (AvgIpc) is 2.72. The number of nitro groups is 2. The molecule has 164 valence electrons. The Balaban J connectivity index is 1.86. The molecule has 8 nitrogen and oxygen atoms in total. The van der Waals surface area contributed by atoms with E-state index in [4.69, 9.17) is 0 Å². The van der Waals surface area contributed by atoms with Gasteiger partial charge in [0, 0.05) is 17.7 Å². The lowest BCUT2D eigenvalue weighted by Crippen LogP contribution is -2.33. The summed E-state index contributed by atoms with van der Waals surface area (Å²) in [4.78, 5) is 21.1. The third-order valence-corrected chi connectivity index (χ3v) is 6.05. The van der Waals surface area contributed by atoms with Crippen molar-refractivity contribution >= 4 is 22.8 Å². The highest BCUT2D eigenvalue weighted by Crippen LogP contribution is 2.40. The molecule has 1 aliphatic rings. The third kappa shape index (κ3) is 5.65. The van der Waals surface area contributed by atoms with E-state index in [1.165, 1.54) is 17.7 Å². The molecule has 0 aliphatic heterocycles. The molecule has 8 heteroatoms. The smallest absolute Gasteiger partial charge is 0.272 e. The van der Waals surface area contributed by atoms with E-state index in [-0.39, 0.29) is 28.4 Å². The minimum Gasteiger partial charge on any atom is -0.272 e. The number of nitro benzene ring substituents is 2. The zero-order valence-corrected chi connectivity index (χ0v) is 18.1. The Morgan fingerprint density at radius 1 is 1.06 bits per heavy atom. The molecule has 0 aromatic heterocycles. The van der Waals surface area contributed by atoms with Crippen molar-refractivity contribution in [2.75, 3.05) is 5.43 Å². The summed E-state index contributed by atoms with van der Waals surface area (Å²) in [5.41, 5.74) is 4.71. The van der Waals surface area contributed by atoms with Crippen LogP contribution in [0.3, 0.4) is 0 Å². The van der Waals surface area contributed by atoms with Gasteiger partial charge in [0.1, 0.15) is 5.69 Å². The maximum atomic E-state index is 11.4. The Hall–Kier alpha value is -3.29. The van der Waals surface area contributed by atoms with E-state index < -0.39 is 9.85 Å². The number of benzene rings is 2. The second kappa shape index (κ2) is 9.24. The van der Waals surface area contributed by atoms with Crippen LogP contribution < -0.4 is 5.43 Å². The van der Waals surface area contributed by atoms with Crippen molar-refractivity contribution < 1.29 is 9.85 Å². The Morgan fingerprint density at radius 3 is 2.39 bits per heavy atom. The van der Waals surface area contributed by atoms with Crippen LogP contribution in [0.4, 0.5) is 17.1 Å². The molecule has 0 spiro atoms. The second-order valence-corrected chi connectivity index (χ2v) is 9.15. The minimum absolute atomic E-state index is 0.152. The molecule has 2 aromatic rings. The topological polar surface area (TPSA) is 111 Å². The maximum Gasteiger partial charge on any atom is 0.301 e. The Bertz CT molecular complexity index is 983. The van der Waals surface area contributed by atoms with Crippen molar-refractivity contribution in [1.82, 2.24) is 0 Å². The zero-order chi connectivity index (χ0) is 22.6. The van der Waals surface area contributed by atoms with Crippen LogP contribution in [-0.4, -0.2) is 15.6 Å². The predicted octanol–water partition coefficient (Wildman–Crippen LogP) is 5.98. The number of rotatable bonds is 6. The highest BCUT2D eigenvalue weighted by Gasteiger charge is 2.34. The SMILES string of the molecule is CC(C)(C)[C@H]1CC/C(=N/Nc2ccc([N+](=O)[O-])cc2[N+](=O)[O-])[C@H](Cc2ccccc2)C1. The van der Waals surface area contributed by atoms with E-state index >= 15 is 0 Å². The molecule has 0 heterocycles. The summed E-state index contributed by atoms with van der Waals surface area (Å²) in [7, 11) is 0. The van der Waals surface area contributed by atoms with Gasteiger partial charge in [0.25, 0.3) is 5.69 Å². The molecule has 0 radical (unpaired) electrons. The highest BCUT2D eigenvalue weighted by molar-refractivity contribution is 5.88. The van der Waals surface area contributed by atoms with E-state index in [0.717, 1.165) is 37.5 Å². The van der Waals surface area contributed by atoms with Crippen LogP contribution >= 0.6 is 0 Å². The van der Waals surface area contributed by atoms with Crippen molar-refractivity contribution in [3.63, 3.8) is 0 Å². The lowest BCUT2D eigenvalue weighted by atomic mass is 9.67.